The van der Waals surface area contributed by atoms with E-state index >= 15 is 0 Å². The van der Waals surface area contributed by atoms with Crippen LogP contribution in [0.15, 0.2) is 24.3 Å². The number of carbonyl (C=O) groups is 1. The summed E-state index contributed by atoms with van der Waals surface area (Å²) < 4.78 is 11.6. The average Bonchev–Trinajstić information content (AvgIpc) is 2.95. The van der Waals surface area contributed by atoms with Crippen molar-refractivity contribution < 1.29 is 14.3 Å². The lowest BCUT2D eigenvalue weighted by molar-refractivity contribution is -0.148. The second-order valence-electron chi connectivity index (χ2n) is 12.4. The summed E-state index contributed by atoms with van der Waals surface area (Å²) in [7, 11) is 0. The number of esters is 1. The van der Waals surface area contributed by atoms with Crippen molar-refractivity contribution in [3.63, 3.8) is 0 Å². The van der Waals surface area contributed by atoms with Crippen molar-refractivity contribution in [3.8, 4) is 5.75 Å². The molecule has 3 heteroatoms. The Balaban J connectivity index is 1.45. The summed E-state index contributed by atoms with van der Waals surface area (Å²) in [6.45, 7) is 7.32. The highest BCUT2D eigenvalue weighted by Gasteiger charge is 2.22. The molecule has 1 atom stereocenters. The van der Waals surface area contributed by atoms with Gasteiger partial charge in [0.15, 0.2) is 0 Å². The van der Waals surface area contributed by atoms with Crippen molar-refractivity contribution in [2.75, 3.05) is 6.61 Å². The van der Waals surface area contributed by atoms with Gasteiger partial charge < -0.3 is 9.47 Å². The van der Waals surface area contributed by atoms with Crippen molar-refractivity contribution in [3.05, 3.63) is 29.8 Å². The maximum absolute atomic E-state index is 11.9. The summed E-state index contributed by atoms with van der Waals surface area (Å²) in [5.74, 6) is 2.72. The topological polar surface area (TPSA) is 35.5 Å². The van der Waals surface area contributed by atoms with Gasteiger partial charge in [0.05, 0.1) is 12.7 Å². The van der Waals surface area contributed by atoms with E-state index in [0.29, 0.717) is 6.42 Å². The van der Waals surface area contributed by atoms with E-state index in [1.165, 1.54) is 108 Å². The van der Waals surface area contributed by atoms with Crippen LogP contribution < -0.4 is 4.74 Å². The van der Waals surface area contributed by atoms with Gasteiger partial charge in [0.2, 0.25) is 0 Å². The molecule has 1 aromatic rings. The normalized spacial score (nSPS) is 18.1. The highest BCUT2D eigenvalue weighted by atomic mass is 16.5. The molecule has 0 N–H and O–H groups in total. The summed E-state index contributed by atoms with van der Waals surface area (Å²) >= 11 is 0. The van der Waals surface area contributed by atoms with Crippen LogP contribution in [0.5, 0.6) is 5.75 Å². The SMILES string of the molecule is CCCCCCCCC1CCC(c2ccc(OCCCCCCCC(C)OC(=O)CCCCCC)cc2)CC1. The first-order valence-corrected chi connectivity index (χ1v) is 17.0. The molecule has 224 valence electrons. The molecular formula is C36H62O3. The van der Waals surface area contributed by atoms with Crippen LogP contribution in [0.25, 0.3) is 0 Å². The van der Waals surface area contributed by atoms with Crippen LogP contribution in [-0.4, -0.2) is 18.7 Å². The van der Waals surface area contributed by atoms with Crippen LogP contribution in [0.2, 0.25) is 0 Å². The van der Waals surface area contributed by atoms with Gasteiger partial charge >= 0.3 is 5.97 Å². The zero-order valence-corrected chi connectivity index (χ0v) is 26.0. The maximum Gasteiger partial charge on any atom is 0.306 e. The van der Waals surface area contributed by atoms with E-state index in [1.54, 1.807) is 0 Å². The van der Waals surface area contributed by atoms with Gasteiger partial charge in [-0.1, -0.05) is 109 Å². The van der Waals surface area contributed by atoms with Crippen LogP contribution in [0.1, 0.15) is 174 Å². The van der Waals surface area contributed by atoms with Gasteiger partial charge in [-0.15, -0.1) is 0 Å². The van der Waals surface area contributed by atoms with Gasteiger partial charge in [-0.2, -0.15) is 0 Å². The Morgan fingerprint density at radius 1 is 0.744 bits per heavy atom. The molecule has 1 aromatic carbocycles. The quantitative estimate of drug-likeness (QED) is 0.102. The van der Waals surface area contributed by atoms with Gasteiger partial charge in [-0.05, 0) is 87.8 Å². The number of ether oxygens (including phenoxy) is 2. The molecule has 1 fully saturated rings. The first-order chi connectivity index (χ1) is 19.1. The summed E-state index contributed by atoms with van der Waals surface area (Å²) in [6.07, 6.45) is 27.5. The third kappa shape index (κ3) is 16.4. The Labute approximate surface area is 242 Å². The second kappa shape index (κ2) is 22.2. The van der Waals surface area contributed by atoms with Crippen molar-refractivity contribution in [1.82, 2.24) is 0 Å². The van der Waals surface area contributed by atoms with Gasteiger partial charge in [0.1, 0.15) is 5.75 Å². The minimum Gasteiger partial charge on any atom is -0.494 e. The molecule has 1 aliphatic rings. The van der Waals surface area contributed by atoms with Gasteiger partial charge in [0, 0.05) is 6.42 Å². The number of benzene rings is 1. The molecule has 1 unspecified atom stereocenters. The lowest BCUT2D eigenvalue weighted by atomic mass is 9.77. The first kappa shape index (κ1) is 33.7. The lowest BCUT2D eigenvalue weighted by Crippen LogP contribution is -2.14. The molecule has 1 saturated carbocycles. The minimum absolute atomic E-state index is 0.0185. The number of hydrogen-bond donors (Lipinski definition) is 0. The van der Waals surface area contributed by atoms with E-state index in [1.807, 2.05) is 6.92 Å². The monoisotopic (exact) mass is 542 g/mol. The standard InChI is InChI=1S/C36H62O3/c1-4-6-8-10-13-16-20-32-22-24-33(25-23-32)34-26-28-35(29-27-34)38-30-18-14-11-12-15-19-31(3)39-36(37)21-17-9-7-5-2/h26-29,31-33H,4-25,30H2,1-3H3. The zero-order chi connectivity index (χ0) is 28.0. The summed E-state index contributed by atoms with van der Waals surface area (Å²) in [4.78, 5) is 11.9. The third-order valence-corrected chi connectivity index (χ3v) is 8.75. The molecule has 0 bridgehead atoms. The smallest absolute Gasteiger partial charge is 0.306 e. The molecule has 0 aromatic heterocycles. The Bertz CT molecular complexity index is 705. The van der Waals surface area contributed by atoms with E-state index < -0.39 is 0 Å². The average molecular weight is 543 g/mol. The van der Waals surface area contributed by atoms with Crippen LogP contribution in [-0.2, 0) is 9.53 Å². The van der Waals surface area contributed by atoms with E-state index in [2.05, 4.69) is 38.1 Å². The number of hydrogen-bond acceptors (Lipinski definition) is 3. The Morgan fingerprint density at radius 2 is 1.33 bits per heavy atom. The van der Waals surface area contributed by atoms with Crippen LogP contribution in [0.3, 0.4) is 0 Å². The van der Waals surface area contributed by atoms with E-state index in [4.69, 9.17) is 9.47 Å². The molecular weight excluding hydrogens is 480 g/mol. The largest absolute Gasteiger partial charge is 0.494 e. The lowest BCUT2D eigenvalue weighted by Gasteiger charge is -2.29. The van der Waals surface area contributed by atoms with Crippen molar-refractivity contribution >= 4 is 5.97 Å². The Morgan fingerprint density at radius 3 is 2.03 bits per heavy atom. The van der Waals surface area contributed by atoms with E-state index in [9.17, 15) is 4.79 Å². The van der Waals surface area contributed by atoms with Crippen LogP contribution in [0.4, 0.5) is 0 Å². The molecule has 1 aliphatic carbocycles. The molecule has 0 radical (unpaired) electrons. The van der Waals surface area contributed by atoms with Gasteiger partial charge in [-0.25, -0.2) is 0 Å². The highest BCUT2D eigenvalue weighted by molar-refractivity contribution is 5.69. The molecule has 39 heavy (non-hydrogen) atoms. The fourth-order valence-electron chi connectivity index (χ4n) is 6.13. The maximum atomic E-state index is 11.9. The first-order valence-electron chi connectivity index (χ1n) is 17.0. The molecule has 0 aliphatic heterocycles. The fourth-order valence-corrected chi connectivity index (χ4v) is 6.13. The van der Waals surface area contributed by atoms with Crippen LogP contribution >= 0.6 is 0 Å². The summed E-state index contributed by atoms with van der Waals surface area (Å²) in [6, 6.07) is 8.99. The molecule has 0 spiro atoms. The van der Waals surface area contributed by atoms with Crippen molar-refractivity contribution in [2.45, 2.75) is 174 Å². The number of rotatable bonds is 23. The van der Waals surface area contributed by atoms with Gasteiger partial charge in [0.25, 0.3) is 0 Å². The predicted molar refractivity (Wildman–Crippen MR) is 167 cm³/mol. The molecule has 0 amide bonds. The van der Waals surface area contributed by atoms with Crippen LogP contribution in [0, 0.1) is 5.92 Å². The van der Waals surface area contributed by atoms with E-state index in [0.717, 1.165) is 56.3 Å². The predicted octanol–water partition coefficient (Wildman–Crippen LogP) is 11.3. The molecule has 3 nitrogen and oxygen atoms in total. The van der Waals surface area contributed by atoms with E-state index in [-0.39, 0.29) is 12.1 Å². The fraction of sp³-hybridized carbons (Fsp3) is 0.806. The third-order valence-electron chi connectivity index (χ3n) is 8.75. The number of carbonyl (C=O) groups excluding carboxylic acids is 1. The highest BCUT2D eigenvalue weighted by Crippen LogP contribution is 2.38. The molecule has 0 saturated heterocycles. The Hall–Kier alpha value is -1.51. The Kier molecular flexibility index (Phi) is 19.2. The molecule has 0 heterocycles. The summed E-state index contributed by atoms with van der Waals surface area (Å²) in [5, 5.41) is 0. The van der Waals surface area contributed by atoms with Crippen molar-refractivity contribution in [1.29, 1.82) is 0 Å². The van der Waals surface area contributed by atoms with Gasteiger partial charge in [-0.3, -0.25) is 4.79 Å². The molecule has 2 rings (SSSR count). The number of unbranched alkanes of at least 4 members (excludes halogenated alkanes) is 12. The summed E-state index contributed by atoms with van der Waals surface area (Å²) in [5.41, 5.74) is 1.51. The zero-order valence-electron chi connectivity index (χ0n) is 26.0. The second-order valence-corrected chi connectivity index (χ2v) is 12.4. The van der Waals surface area contributed by atoms with Crippen molar-refractivity contribution in [2.24, 2.45) is 5.92 Å². The minimum atomic E-state index is -0.0185.